The normalized spacial score (nSPS) is 33.8. The summed E-state index contributed by atoms with van der Waals surface area (Å²) in [6, 6.07) is 10.7. The van der Waals surface area contributed by atoms with Crippen LogP contribution in [-0.2, 0) is 4.74 Å². The highest BCUT2D eigenvalue weighted by molar-refractivity contribution is 8.00. The average Bonchev–Trinajstić information content (AvgIpc) is 2.73. The van der Waals surface area contributed by atoms with E-state index in [4.69, 9.17) is 4.74 Å². The van der Waals surface area contributed by atoms with Gasteiger partial charge in [0.2, 0.25) is 0 Å². The van der Waals surface area contributed by atoms with E-state index in [0.29, 0.717) is 6.10 Å². The van der Waals surface area contributed by atoms with Crippen LogP contribution in [0.4, 0.5) is 0 Å². The van der Waals surface area contributed by atoms with Crippen molar-refractivity contribution in [1.29, 1.82) is 0 Å². The molecule has 1 aromatic carbocycles. The molecule has 0 aromatic heterocycles. The van der Waals surface area contributed by atoms with E-state index >= 15 is 0 Å². The van der Waals surface area contributed by atoms with Crippen molar-refractivity contribution in [2.45, 2.75) is 55.3 Å². The minimum Gasteiger partial charge on any atom is -0.358 e. The fourth-order valence-electron chi connectivity index (χ4n) is 2.84. The Hall–Kier alpha value is -0.470. The molecule has 1 saturated heterocycles. The van der Waals surface area contributed by atoms with Crippen molar-refractivity contribution < 1.29 is 4.74 Å². The van der Waals surface area contributed by atoms with Crippen molar-refractivity contribution >= 4 is 11.8 Å². The predicted octanol–water partition coefficient (Wildman–Crippen LogP) is 4.54. The van der Waals surface area contributed by atoms with Gasteiger partial charge in [0.25, 0.3) is 0 Å². The fraction of sp³-hybridized carbons (Fsp3) is 0.600. The van der Waals surface area contributed by atoms with Crippen molar-refractivity contribution in [2.24, 2.45) is 0 Å². The quantitative estimate of drug-likeness (QED) is 0.721. The summed E-state index contributed by atoms with van der Waals surface area (Å²) < 4.78 is 6.25. The minimum atomic E-state index is 0.282. The molecule has 3 atom stereocenters. The Morgan fingerprint density at radius 3 is 2.53 bits per heavy atom. The monoisotopic (exact) mass is 248 g/mol. The fourth-order valence-corrected chi connectivity index (χ4v) is 4.36. The summed E-state index contributed by atoms with van der Waals surface area (Å²) in [5.41, 5.74) is 1.62. The lowest BCUT2D eigenvalue weighted by Gasteiger charge is -2.19. The minimum absolute atomic E-state index is 0.282. The number of hydrogen-bond acceptors (Lipinski definition) is 2. The first-order valence-corrected chi connectivity index (χ1v) is 7.73. The molecule has 1 heterocycles. The first-order valence-electron chi connectivity index (χ1n) is 6.79. The maximum atomic E-state index is 6.25. The van der Waals surface area contributed by atoms with Gasteiger partial charge in [0.1, 0.15) is 5.44 Å². The Kier molecular flexibility index (Phi) is 3.72. The number of hydrogen-bond donors (Lipinski definition) is 0. The van der Waals surface area contributed by atoms with Crippen LogP contribution >= 0.6 is 11.8 Å². The molecule has 3 rings (SSSR count). The first-order chi connectivity index (χ1) is 8.43. The Morgan fingerprint density at radius 2 is 1.71 bits per heavy atom. The molecule has 0 spiro atoms. The van der Waals surface area contributed by atoms with Crippen LogP contribution in [0.15, 0.2) is 30.3 Å². The third kappa shape index (κ3) is 2.69. The lowest BCUT2D eigenvalue weighted by Crippen LogP contribution is -2.21. The van der Waals surface area contributed by atoms with Crippen LogP contribution in [0.3, 0.4) is 0 Å². The Bertz CT molecular complexity index is 335. The van der Waals surface area contributed by atoms with Crippen LogP contribution in [0, 0.1) is 0 Å². The highest BCUT2D eigenvalue weighted by Crippen LogP contribution is 2.47. The summed E-state index contributed by atoms with van der Waals surface area (Å²) in [6.07, 6.45) is 8.67. The summed E-state index contributed by atoms with van der Waals surface area (Å²) in [7, 11) is 0. The Morgan fingerprint density at radius 1 is 0.941 bits per heavy atom. The van der Waals surface area contributed by atoms with E-state index in [0.717, 1.165) is 5.25 Å². The summed E-state index contributed by atoms with van der Waals surface area (Å²) in [4.78, 5) is 0. The van der Waals surface area contributed by atoms with Gasteiger partial charge >= 0.3 is 0 Å². The van der Waals surface area contributed by atoms with Gasteiger partial charge in [-0.15, -0.1) is 11.8 Å². The van der Waals surface area contributed by atoms with Crippen LogP contribution < -0.4 is 0 Å². The van der Waals surface area contributed by atoms with Crippen LogP contribution in [0.1, 0.15) is 49.5 Å². The summed E-state index contributed by atoms with van der Waals surface area (Å²) >= 11 is 2.05. The van der Waals surface area contributed by atoms with E-state index in [2.05, 4.69) is 30.3 Å². The predicted molar refractivity (Wildman–Crippen MR) is 73.1 cm³/mol. The van der Waals surface area contributed by atoms with Crippen molar-refractivity contribution in [3.05, 3.63) is 35.9 Å². The highest BCUT2D eigenvalue weighted by Gasteiger charge is 2.36. The summed E-state index contributed by atoms with van der Waals surface area (Å²) in [5, 5.41) is 0.737. The molecular formula is C15H20OS. The molecule has 0 amide bonds. The van der Waals surface area contributed by atoms with Crippen LogP contribution in [0.2, 0.25) is 0 Å². The number of fused-ring (bicyclic) bond motifs is 1. The molecule has 0 unspecified atom stereocenters. The summed E-state index contributed by atoms with van der Waals surface area (Å²) in [5.74, 6) is 0. The van der Waals surface area contributed by atoms with Gasteiger partial charge in [0.15, 0.2) is 0 Å². The molecular weight excluding hydrogens is 228 g/mol. The lowest BCUT2D eigenvalue weighted by atomic mass is 9.98. The Balaban J connectivity index is 1.70. The molecule has 92 valence electrons. The molecule has 1 nitrogen and oxygen atoms in total. The third-order valence-corrected chi connectivity index (χ3v) is 5.33. The zero-order chi connectivity index (χ0) is 11.5. The smallest absolute Gasteiger partial charge is 0.129 e. The van der Waals surface area contributed by atoms with Crippen LogP contribution in [0.5, 0.6) is 0 Å². The average molecular weight is 248 g/mol. The van der Waals surface area contributed by atoms with Gasteiger partial charge in [-0.1, -0.05) is 56.0 Å². The van der Waals surface area contributed by atoms with E-state index < -0.39 is 0 Å². The molecule has 0 radical (unpaired) electrons. The molecule has 1 aliphatic heterocycles. The molecule has 2 aliphatic rings. The second-order valence-electron chi connectivity index (χ2n) is 5.08. The Labute approximate surface area is 108 Å². The van der Waals surface area contributed by atoms with Gasteiger partial charge in [0.05, 0.1) is 6.10 Å². The second-order valence-corrected chi connectivity index (χ2v) is 6.39. The molecule has 1 aromatic rings. The van der Waals surface area contributed by atoms with Gasteiger partial charge in [-0.3, -0.25) is 0 Å². The number of benzene rings is 1. The molecule has 0 bridgehead atoms. The third-order valence-electron chi connectivity index (χ3n) is 3.81. The lowest BCUT2D eigenvalue weighted by molar-refractivity contribution is 0.0421. The topological polar surface area (TPSA) is 9.23 Å². The standard InChI is InChI=1S/C15H20OS/c1-2-7-11-14-13(10-6-1)16-15(17-14)12-8-4-3-5-9-12/h3-5,8-9,13-15H,1-2,6-7,10-11H2/t13-,14-,15+/m1/s1. The maximum absolute atomic E-state index is 6.25. The van der Waals surface area contributed by atoms with Crippen molar-refractivity contribution in [3.63, 3.8) is 0 Å². The molecule has 1 saturated carbocycles. The highest BCUT2D eigenvalue weighted by atomic mass is 32.2. The van der Waals surface area contributed by atoms with Crippen molar-refractivity contribution in [2.75, 3.05) is 0 Å². The zero-order valence-corrected chi connectivity index (χ0v) is 11.0. The van der Waals surface area contributed by atoms with Gasteiger partial charge in [0, 0.05) is 5.25 Å². The van der Waals surface area contributed by atoms with E-state index in [1.807, 2.05) is 11.8 Å². The largest absolute Gasteiger partial charge is 0.358 e. The zero-order valence-electron chi connectivity index (χ0n) is 10.2. The summed E-state index contributed by atoms with van der Waals surface area (Å²) in [6.45, 7) is 0. The van der Waals surface area contributed by atoms with Crippen molar-refractivity contribution in [3.8, 4) is 0 Å². The van der Waals surface area contributed by atoms with Crippen LogP contribution in [0.25, 0.3) is 0 Å². The maximum Gasteiger partial charge on any atom is 0.129 e. The first kappa shape index (κ1) is 11.6. The van der Waals surface area contributed by atoms with E-state index in [1.165, 1.54) is 44.1 Å². The number of ether oxygens (including phenoxy) is 1. The van der Waals surface area contributed by atoms with Gasteiger partial charge in [-0.05, 0) is 18.4 Å². The van der Waals surface area contributed by atoms with E-state index in [9.17, 15) is 0 Å². The molecule has 1 aliphatic carbocycles. The van der Waals surface area contributed by atoms with E-state index in [1.54, 1.807) is 0 Å². The van der Waals surface area contributed by atoms with Gasteiger partial charge < -0.3 is 4.74 Å². The molecule has 17 heavy (non-hydrogen) atoms. The van der Waals surface area contributed by atoms with E-state index in [-0.39, 0.29) is 5.44 Å². The second kappa shape index (κ2) is 5.45. The van der Waals surface area contributed by atoms with Gasteiger partial charge in [-0.2, -0.15) is 0 Å². The molecule has 2 fully saturated rings. The van der Waals surface area contributed by atoms with Gasteiger partial charge in [-0.25, -0.2) is 0 Å². The number of thioether (sulfide) groups is 1. The van der Waals surface area contributed by atoms with Crippen molar-refractivity contribution in [1.82, 2.24) is 0 Å². The SMILES string of the molecule is c1ccc([C@H]2O[C@@H]3CCCCCC[C@H]3S2)cc1. The molecule has 2 heteroatoms. The number of rotatable bonds is 1. The van der Waals surface area contributed by atoms with Crippen LogP contribution in [-0.4, -0.2) is 11.4 Å². The molecule has 0 N–H and O–H groups in total.